The Kier molecular flexibility index (Phi) is 4.72. The SMILES string of the molecule is Cc1ccc(F)c(C(CCC2CCCC2)NN)c1. The number of hydrogen-bond donors (Lipinski definition) is 2. The van der Waals surface area contributed by atoms with Gasteiger partial charge in [-0.25, -0.2) is 4.39 Å². The summed E-state index contributed by atoms with van der Waals surface area (Å²) in [6.45, 7) is 1.98. The molecule has 2 rings (SSSR count). The molecule has 1 aromatic carbocycles. The van der Waals surface area contributed by atoms with Gasteiger partial charge in [0.05, 0.1) is 0 Å². The molecule has 1 aliphatic rings. The van der Waals surface area contributed by atoms with Gasteiger partial charge in [0.2, 0.25) is 0 Å². The summed E-state index contributed by atoms with van der Waals surface area (Å²) >= 11 is 0. The predicted octanol–water partition coefficient (Wildman–Crippen LogP) is 3.61. The standard InChI is InChI=1S/C15H23FN2/c1-11-6-8-14(16)13(10-11)15(18-17)9-7-12-4-2-3-5-12/h6,8,10,12,15,18H,2-5,7,9,17H2,1H3. The van der Waals surface area contributed by atoms with Crippen LogP contribution in [0, 0.1) is 18.7 Å². The first kappa shape index (κ1) is 13.5. The molecule has 1 aromatic rings. The zero-order valence-electron chi connectivity index (χ0n) is 11.1. The second-order valence-electron chi connectivity index (χ2n) is 5.47. The summed E-state index contributed by atoms with van der Waals surface area (Å²) in [4.78, 5) is 0. The van der Waals surface area contributed by atoms with Crippen molar-refractivity contribution in [3.05, 3.63) is 35.1 Å². The van der Waals surface area contributed by atoms with Crippen LogP contribution in [-0.4, -0.2) is 0 Å². The molecule has 0 aliphatic heterocycles. The molecule has 18 heavy (non-hydrogen) atoms. The van der Waals surface area contributed by atoms with Gasteiger partial charge < -0.3 is 0 Å². The van der Waals surface area contributed by atoms with Crippen LogP contribution in [0.5, 0.6) is 0 Å². The van der Waals surface area contributed by atoms with Crippen molar-refractivity contribution in [1.82, 2.24) is 5.43 Å². The van der Waals surface area contributed by atoms with Gasteiger partial charge in [0.25, 0.3) is 0 Å². The van der Waals surface area contributed by atoms with Crippen molar-refractivity contribution in [2.75, 3.05) is 0 Å². The second-order valence-corrected chi connectivity index (χ2v) is 5.47. The maximum absolute atomic E-state index is 13.8. The molecule has 0 radical (unpaired) electrons. The first-order valence-electron chi connectivity index (χ1n) is 6.93. The third-order valence-corrected chi connectivity index (χ3v) is 4.07. The summed E-state index contributed by atoms with van der Waals surface area (Å²) < 4.78 is 13.8. The van der Waals surface area contributed by atoms with Crippen molar-refractivity contribution >= 4 is 0 Å². The molecule has 1 unspecified atom stereocenters. The van der Waals surface area contributed by atoms with Gasteiger partial charge in [0.15, 0.2) is 0 Å². The molecule has 1 atom stereocenters. The molecular formula is C15H23FN2. The van der Waals surface area contributed by atoms with Crippen molar-refractivity contribution in [3.8, 4) is 0 Å². The molecule has 3 heteroatoms. The molecule has 1 fully saturated rings. The van der Waals surface area contributed by atoms with Crippen molar-refractivity contribution < 1.29 is 4.39 Å². The van der Waals surface area contributed by atoms with Crippen LogP contribution in [-0.2, 0) is 0 Å². The highest BCUT2D eigenvalue weighted by Crippen LogP contribution is 2.31. The van der Waals surface area contributed by atoms with Gasteiger partial charge in [-0.05, 0) is 31.7 Å². The fourth-order valence-electron chi connectivity index (χ4n) is 2.96. The Hall–Kier alpha value is -0.930. The normalized spacial score (nSPS) is 18.2. The summed E-state index contributed by atoms with van der Waals surface area (Å²) in [5, 5.41) is 0. The maximum atomic E-state index is 13.8. The molecule has 1 saturated carbocycles. The zero-order valence-corrected chi connectivity index (χ0v) is 11.1. The molecule has 0 bridgehead atoms. The number of rotatable bonds is 5. The highest BCUT2D eigenvalue weighted by molar-refractivity contribution is 5.26. The first-order chi connectivity index (χ1) is 8.70. The van der Waals surface area contributed by atoms with Gasteiger partial charge in [-0.3, -0.25) is 11.3 Å². The lowest BCUT2D eigenvalue weighted by atomic mass is 9.94. The summed E-state index contributed by atoms with van der Waals surface area (Å²) in [5.41, 5.74) is 4.55. The minimum Gasteiger partial charge on any atom is -0.271 e. The second kappa shape index (κ2) is 6.30. The third kappa shape index (κ3) is 3.30. The molecule has 0 heterocycles. The quantitative estimate of drug-likeness (QED) is 0.619. The van der Waals surface area contributed by atoms with E-state index in [1.54, 1.807) is 6.07 Å². The van der Waals surface area contributed by atoms with E-state index in [0.29, 0.717) is 5.56 Å². The van der Waals surface area contributed by atoms with Crippen LogP contribution < -0.4 is 11.3 Å². The lowest BCUT2D eigenvalue weighted by Crippen LogP contribution is -2.29. The molecule has 3 N–H and O–H groups in total. The molecule has 100 valence electrons. The maximum Gasteiger partial charge on any atom is 0.128 e. The van der Waals surface area contributed by atoms with Crippen molar-refractivity contribution in [3.63, 3.8) is 0 Å². The van der Waals surface area contributed by atoms with E-state index in [9.17, 15) is 4.39 Å². The smallest absolute Gasteiger partial charge is 0.128 e. The van der Waals surface area contributed by atoms with Crippen LogP contribution in [0.25, 0.3) is 0 Å². The Balaban J connectivity index is 2.00. The number of nitrogens with one attached hydrogen (secondary N) is 1. The molecule has 0 saturated heterocycles. The summed E-state index contributed by atoms with van der Waals surface area (Å²) in [6.07, 6.45) is 7.42. The molecule has 0 aromatic heterocycles. The summed E-state index contributed by atoms with van der Waals surface area (Å²) in [6, 6.07) is 5.16. The van der Waals surface area contributed by atoms with Gasteiger partial charge in [-0.15, -0.1) is 0 Å². The van der Waals surface area contributed by atoms with E-state index in [1.807, 2.05) is 13.0 Å². The lowest BCUT2D eigenvalue weighted by molar-refractivity contribution is 0.407. The van der Waals surface area contributed by atoms with Crippen LogP contribution in [0.2, 0.25) is 0 Å². The summed E-state index contributed by atoms with van der Waals surface area (Å²) in [5.74, 6) is 6.25. The Labute approximate surface area is 109 Å². The molecule has 0 spiro atoms. The Morgan fingerprint density at radius 3 is 2.78 bits per heavy atom. The highest BCUT2D eigenvalue weighted by Gasteiger charge is 2.19. The average molecular weight is 250 g/mol. The fourth-order valence-corrected chi connectivity index (χ4v) is 2.96. The monoisotopic (exact) mass is 250 g/mol. The van der Waals surface area contributed by atoms with E-state index in [0.717, 1.165) is 24.3 Å². The minimum atomic E-state index is -0.157. The van der Waals surface area contributed by atoms with Crippen LogP contribution in [0.4, 0.5) is 4.39 Å². The van der Waals surface area contributed by atoms with Crippen molar-refractivity contribution in [1.29, 1.82) is 0 Å². The average Bonchev–Trinajstić information content (AvgIpc) is 2.87. The highest BCUT2D eigenvalue weighted by atomic mass is 19.1. The Morgan fingerprint density at radius 1 is 1.39 bits per heavy atom. The van der Waals surface area contributed by atoms with E-state index in [-0.39, 0.29) is 11.9 Å². The third-order valence-electron chi connectivity index (χ3n) is 4.07. The number of aryl methyl sites for hydroxylation is 1. The van der Waals surface area contributed by atoms with Gasteiger partial charge in [0.1, 0.15) is 5.82 Å². The van der Waals surface area contributed by atoms with E-state index in [1.165, 1.54) is 31.7 Å². The van der Waals surface area contributed by atoms with Crippen LogP contribution in [0.15, 0.2) is 18.2 Å². The minimum absolute atomic E-state index is 0.0644. The number of hydrazine groups is 1. The van der Waals surface area contributed by atoms with Crippen molar-refractivity contribution in [2.24, 2.45) is 11.8 Å². The van der Waals surface area contributed by atoms with E-state index in [2.05, 4.69) is 5.43 Å². The van der Waals surface area contributed by atoms with E-state index < -0.39 is 0 Å². The van der Waals surface area contributed by atoms with E-state index >= 15 is 0 Å². The van der Waals surface area contributed by atoms with E-state index in [4.69, 9.17) is 5.84 Å². The molecular weight excluding hydrogens is 227 g/mol. The van der Waals surface area contributed by atoms with Gasteiger partial charge in [-0.1, -0.05) is 43.4 Å². The van der Waals surface area contributed by atoms with Crippen LogP contribution in [0.3, 0.4) is 0 Å². The van der Waals surface area contributed by atoms with Gasteiger partial charge in [-0.2, -0.15) is 0 Å². The number of halogens is 1. The van der Waals surface area contributed by atoms with Gasteiger partial charge >= 0.3 is 0 Å². The van der Waals surface area contributed by atoms with Crippen LogP contribution >= 0.6 is 0 Å². The summed E-state index contributed by atoms with van der Waals surface area (Å²) in [7, 11) is 0. The van der Waals surface area contributed by atoms with Crippen LogP contribution in [0.1, 0.15) is 55.7 Å². The molecule has 0 amide bonds. The Bertz CT molecular complexity index is 386. The number of nitrogens with two attached hydrogens (primary N) is 1. The fraction of sp³-hybridized carbons (Fsp3) is 0.600. The molecule has 1 aliphatic carbocycles. The number of benzene rings is 1. The first-order valence-corrected chi connectivity index (χ1v) is 6.93. The lowest BCUT2D eigenvalue weighted by Gasteiger charge is -2.19. The predicted molar refractivity (Wildman–Crippen MR) is 72.4 cm³/mol. The van der Waals surface area contributed by atoms with Crippen molar-refractivity contribution in [2.45, 2.75) is 51.5 Å². The molecule has 2 nitrogen and oxygen atoms in total. The Morgan fingerprint density at radius 2 is 2.11 bits per heavy atom. The largest absolute Gasteiger partial charge is 0.271 e. The van der Waals surface area contributed by atoms with Gasteiger partial charge in [0, 0.05) is 11.6 Å². The topological polar surface area (TPSA) is 38.0 Å². The number of hydrogen-bond acceptors (Lipinski definition) is 2. The zero-order chi connectivity index (χ0) is 13.0.